The van der Waals surface area contributed by atoms with E-state index in [-0.39, 0.29) is 10.8 Å². The molecule has 1 heterocycles. The minimum atomic E-state index is -3.81. The number of nitrogens with zero attached hydrogens (tertiary/aromatic N) is 2. The van der Waals surface area contributed by atoms with Gasteiger partial charge in [0.1, 0.15) is 4.88 Å². The van der Waals surface area contributed by atoms with Crippen LogP contribution in [0.4, 0.5) is 5.69 Å². The summed E-state index contributed by atoms with van der Waals surface area (Å²) >= 11 is 4.21. The van der Waals surface area contributed by atoms with Crippen molar-refractivity contribution in [1.82, 2.24) is 9.59 Å². The fourth-order valence-electron chi connectivity index (χ4n) is 1.54. The van der Waals surface area contributed by atoms with Gasteiger partial charge >= 0.3 is 0 Å². The lowest BCUT2D eigenvalue weighted by Gasteiger charge is -2.07. The largest absolute Gasteiger partial charge is 0.320 e. The van der Waals surface area contributed by atoms with E-state index in [1.54, 1.807) is 0 Å². The molecule has 10 heteroatoms. The van der Waals surface area contributed by atoms with Crippen LogP contribution in [-0.2, 0) is 15.5 Å². The number of anilines is 1. The van der Waals surface area contributed by atoms with Crippen LogP contribution in [0.1, 0.15) is 22.3 Å². The van der Waals surface area contributed by atoms with Crippen LogP contribution in [0.5, 0.6) is 0 Å². The molecule has 0 radical (unpaired) electrons. The third-order valence-corrected chi connectivity index (χ3v) is 5.34. The normalized spacial score (nSPS) is 11.4. The highest BCUT2D eigenvalue weighted by molar-refractivity contribution is 9.10. The highest BCUT2D eigenvalue weighted by atomic mass is 79.9. The maximum Gasteiger partial charge on any atom is 0.269 e. The van der Waals surface area contributed by atoms with Crippen LogP contribution in [0.15, 0.2) is 27.6 Å². The number of rotatable bonds is 4. The van der Waals surface area contributed by atoms with E-state index < -0.39 is 9.05 Å². The van der Waals surface area contributed by atoms with E-state index in [0.717, 1.165) is 11.5 Å². The van der Waals surface area contributed by atoms with Gasteiger partial charge in [-0.25, -0.2) is 8.42 Å². The summed E-state index contributed by atoms with van der Waals surface area (Å²) in [5, 5.41) is 6.54. The molecule has 0 bridgehead atoms. The third kappa shape index (κ3) is 3.79. The van der Waals surface area contributed by atoms with Crippen molar-refractivity contribution in [3.8, 4) is 0 Å². The average Bonchev–Trinajstić information content (AvgIpc) is 2.88. The van der Waals surface area contributed by atoms with E-state index in [1.165, 1.54) is 18.2 Å². The molecule has 0 atom stereocenters. The Morgan fingerprint density at radius 3 is 2.76 bits per heavy atom. The van der Waals surface area contributed by atoms with Crippen molar-refractivity contribution in [2.75, 3.05) is 5.32 Å². The zero-order valence-electron chi connectivity index (χ0n) is 10.6. The van der Waals surface area contributed by atoms with Gasteiger partial charge in [0, 0.05) is 15.2 Å². The molecule has 0 unspecified atom stereocenters. The molecule has 2 rings (SSSR count). The van der Waals surface area contributed by atoms with Gasteiger partial charge in [-0.3, -0.25) is 4.79 Å². The summed E-state index contributed by atoms with van der Waals surface area (Å²) in [6.45, 7) is 1.88. The Morgan fingerprint density at radius 1 is 1.48 bits per heavy atom. The Hall–Kier alpha value is -1.03. The summed E-state index contributed by atoms with van der Waals surface area (Å²) in [6.07, 6.45) is 0.601. The molecule has 6 nitrogen and oxygen atoms in total. The quantitative estimate of drug-likeness (QED) is 0.783. The van der Waals surface area contributed by atoms with Gasteiger partial charge in [0.25, 0.3) is 15.0 Å². The number of halogens is 2. The Kier molecular flexibility index (Phi) is 4.97. The number of hydrogen-bond donors (Lipinski definition) is 1. The molecule has 1 amide bonds. The number of hydrogen-bond acceptors (Lipinski definition) is 6. The Bertz CT molecular complexity index is 792. The van der Waals surface area contributed by atoms with Crippen LogP contribution in [0.3, 0.4) is 0 Å². The molecule has 112 valence electrons. The Morgan fingerprint density at radius 2 is 2.19 bits per heavy atom. The molecule has 2 aromatic rings. The molecule has 1 aromatic carbocycles. The molecule has 0 fully saturated rings. The Labute approximate surface area is 138 Å². The van der Waals surface area contributed by atoms with Crippen LogP contribution in [-0.4, -0.2) is 23.9 Å². The lowest BCUT2D eigenvalue weighted by molar-refractivity contribution is 0.102. The Balaban J connectivity index is 2.26. The van der Waals surface area contributed by atoms with Gasteiger partial charge in [0.05, 0.1) is 16.3 Å². The van der Waals surface area contributed by atoms with Gasteiger partial charge in [-0.15, -0.1) is 5.10 Å². The van der Waals surface area contributed by atoms with Crippen molar-refractivity contribution in [3.63, 3.8) is 0 Å². The molecule has 0 aliphatic carbocycles. The fraction of sp³-hybridized carbons (Fsp3) is 0.182. The first kappa shape index (κ1) is 16.3. The molecule has 0 aliphatic rings. The van der Waals surface area contributed by atoms with E-state index in [1.807, 2.05) is 6.92 Å². The van der Waals surface area contributed by atoms with Crippen LogP contribution >= 0.6 is 38.1 Å². The second-order valence-corrected chi connectivity index (χ2v) is 8.11. The van der Waals surface area contributed by atoms with Crippen molar-refractivity contribution in [3.05, 3.63) is 33.2 Å². The molecular formula is C11H9BrClN3O3S2. The van der Waals surface area contributed by atoms with Gasteiger partial charge in [0.2, 0.25) is 0 Å². The molecule has 21 heavy (non-hydrogen) atoms. The number of carbonyl (C=O) groups excluding carboxylic acids is 1. The van der Waals surface area contributed by atoms with Crippen molar-refractivity contribution in [2.24, 2.45) is 0 Å². The summed E-state index contributed by atoms with van der Waals surface area (Å²) in [6, 6.07) is 4.09. The van der Waals surface area contributed by atoms with Crippen LogP contribution in [0, 0.1) is 0 Å². The lowest BCUT2D eigenvalue weighted by Crippen LogP contribution is -2.12. The first-order valence-corrected chi connectivity index (χ1v) is 9.57. The van der Waals surface area contributed by atoms with Crippen molar-refractivity contribution in [1.29, 1.82) is 0 Å². The monoisotopic (exact) mass is 409 g/mol. The van der Waals surface area contributed by atoms with Crippen molar-refractivity contribution >= 4 is 58.8 Å². The number of aromatic nitrogens is 2. The zero-order valence-corrected chi connectivity index (χ0v) is 14.6. The first-order valence-electron chi connectivity index (χ1n) is 5.69. The predicted octanol–water partition coefficient (Wildman–Crippen LogP) is 3.04. The van der Waals surface area contributed by atoms with Gasteiger partial charge < -0.3 is 5.32 Å². The number of nitrogens with one attached hydrogen (secondary N) is 1. The molecule has 1 N–H and O–H groups in total. The second-order valence-electron chi connectivity index (χ2n) is 3.94. The number of benzene rings is 1. The van der Waals surface area contributed by atoms with Crippen LogP contribution < -0.4 is 5.32 Å². The lowest BCUT2D eigenvalue weighted by atomic mass is 10.2. The van der Waals surface area contributed by atoms with E-state index in [0.29, 0.717) is 27.2 Å². The molecular weight excluding hydrogens is 402 g/mol. The number of amides is 1. The molecule has 0 aliphatic heterocycles. The maximum atomic E-state index is 12.1. The summed E-state index contributed by atoms with van der Waals surface area (Å²) < 4.78 is 26.6. The van der Waals surface area contributed by atoms with E-state index >= 15 is 0 Å². The fourth-order valence-corrected chi connectivity index (χ4v) is 3.59. The van der Waals surface area contributed by atoms with Gasteiger partial charge in [-0.2, -0.15) is 0 Å². The van der Waals surface area contributed by atoms with Crippen LogP contribution in [0.2, 0.25) is 0 Å². The maximum absolute atomic E-state index is 12.1. The molecule has 0 saturated heterocycles. The summed E-state index contributed by atoms with van der Waals surface area (Å²) in [5.74, 6) is -0.343. The molecule has 0 spiro atoms. The van der Waals surface area contributed by atoms with Gasteiger partial charge in [-0.05, 0) is 52.1 Å². The minimum Gasteiger partial charge on any atom is -0.320 e. The van der Waals surface area contributed by atoms with Crippen molar-refractivity contribution < 1.29 is 13.2 Å². The van der Waals surface area contributed by atoms with E-state index in [2.05, 4.69) is 30.8 Å². The SMILES string of the molecule is CCc1nnsc1C(=O)Nc1ccc(S(=O)(=O)Cl)cc1Br. The average molecular weight is 411 g/mol. The summed E-state index contributed by atoms with van der Waals surface area (Å²) in [4.78, 5) is 12.5. The number of aryl methyl sites for hydroxylation is 1. The van der Waals surface area contributed by atoms with E-state index in [4.69, 9.17) is 10.7 Å². The summed E-state index contributed by atoms with van der Waals surface area (Å²) in [5.41, 5.74) is 1.05. The second kappa shape index (κ2) is 6.39. The third-order valence-electron chi connectivity index (χ3n) is 2.57. The standard InChI is InChI=1S/C11H9BrClN3O3S2/c1-2-8-10(20-16-15-8)11(17)14-9-4-3-6(5-7(9)12)21(13,18)19/h3-5H,2H2,1H3,(H,14,17). The van der Waals surface area contributed by atoms with Gasteiger partial charge in [-0.1, -0.05) is 11.4 Å². The van der Waals surface area contributed by atoms with Gasteiger partial charge in [0.15, 0.2) is 0 Å². The van der Waals surface area contributed by atoms with E-state index in [9.17, 15) is 13.2 Å². The first-order chi connectivity index (χ1) is 9.82. The summed E-state index contributed by atoms with van der Waals surface area (Å²) in [7, 11) is 1.45. The minimum absolute atomic E-state index is 0.0530. The molecule has 0 saturated carbocycles. The number of carbonyl (C=O) groups is 1. The van der Waals surface area contributed by atoms with Crippen LogP contribution in [0.25, 0.3) is 0 Å². The molecule has 1 aromatic heterocycles. The topological polar surface area (TPSA) is 89.0 Å². The zero-order chi connectivity index (χ0) is 15.6. The van der Waals surface area contributed by atoms with Crippen molar-refractivity contribution in [2.45, 2.75) is 18.2 Å². The predicted molar refractivity (Wildman–Crippen MR) is 84.4 cm³/mol. The highest BCUT2D eigenvalue weighted by Crippen LogP contribution is 2.28. The smallest absolute Gasteiger partial charge is 0.269 e. The highest BCUT2D eigenvalue weighted by Gasteiger charge is 2.17.